The fourth-order valence-electron chi connectivity index (χ4n) is 1.78. The summed E-state index contributed by atoms with van der Waals surface area (Å²) in [6.07, 6.45) is 0.638. The minimum absolute atomic E-state index is 0.251. The summed E-state index contributed by atoms with van der Waals surface area (Å²) >= 11 is 0.367. The number of ketones is 1. The first-order chi connectivity index (χ1) is 8.75. The maximum atomic E-state index is 12.1. The molecule has 2 aromatic carbocycles. The van der Waals surface area contributed by atoms with E-state index < -0.39 is 0 Å². The van der Waals surface area contributed by atoms with E-state index in [1.165, 1.54) is 4.46 Å². The van der Waals surface area contributed by atoms with Crippen molar-refractivity contribution in [2.75, 3.05) is 0 Å². The van der Waals surface area contributed by atoms with Gasteiger partial charge in [0.25, 0.3) is 0 Å². The molecular formula is C16H16OSe. The zero-order chi connectivity index (χ0) is 12.8. The molecule has 0 aliphatic heterocycles. The monoisotopic (exact) mass is 304 g/mol. The second-order valence-corrected chi connectivity index (χ2v) is 7.41. The van der Waals surface area contributed by atoms with E-state index >= 15 is 0 Å². The van der Waals surface area contributed by atoms with E-state index in [1.807, 2.05) is 36.4 Å². The van der Waals surface area contributed by atoms with E-state index in [4.69, 9.17) is 0 Å². The summed E-state index contributed by atoms with van der Waals surface area (Å²) in [4.78, 5) is 12.5. The molecule has 0 bridgehead atoms. The van der Waals surface area contributed by atoms with Crippen LogP contribution in [0.15, 0.2) is 60.7 Å². The van der Waals surface area contributed by atoms with E-state index in [0.29, 0.717) is 26.2 Å². The molecule has 1 nitrogen and oxygen atoms in total. The second-order valence-electron chi connectivity index (χ2n) is 4.23. The molecule has 2 heteroatoms. The van der Waals surface area contributed by atoms with Gasteiger partial charge in [-0.2, -0.15) is 0 Å². The van der Waals surface area contributed by atoms with E-state index in [2.05, 4.69) is 31.2 Å². The third-order valence-electron chi connectivity index (χ3n) is 2.65. The first-order valence-electron chi connectivity index (χ1n) is 6.05. The topological polar surface area (TPSA) is 17.1 Å². The van der Waals surface area contributed by atoms with Crippen LogP contribution in [-0.2, 0) is 0 Å². The first-order valence-corrected chi connectivity index (χ1v) is 7.90. The molecule has 0 aliphatic carbocycles. The van der Waals surface area contributed by atoms with Gasteiger partial charge in [-0.25, -0.2) is 0 Å². The Morgan fingerprint density at radius 1 is 1.00 bits per heavy atom. The normalized spacial score (nSPS) is 12.1. The van der Waals surface area contributed by atoms with Crippen LogP contribution in [0.1, 0.15) is 23.7 Å². The zero-order valence-corrected chi connectivity index (χ0v) is 12.1. The number of rotatable bonds is 5. The van der Waals surface area contributed by atoms with Gasteiger partial charge >= 0.3 is 114 Å². The first kappa shape index (κ1) is 13.1. The fraction of sp³-hybridized carbons (Fsp3) is 0.188. The van der Waals surface area contributed by atoms with Crippen LogP contribution in [-0.4, -0.2) is 20.7 Å². The van der Waals surface area contributed by atoms with Crippen molar-refractivity contribution >= 4 is 25.2 Å². The van der Waals surface area contributed by atoms with E-state index in [-0.39, 0.29) is 5.78 Å². The van der Waals surface area contributed by atoms with Gasteiger partial charge in [0.15, 0.2) is 0 Å². The summed E-state index contributed by atoms with van der Waals surface area (Å²) in [5.41, 5.74) is 0.827. The van der Waals surface area contributed by atoms with E-state index in [1.54, 1.807) is 0 Å². The molecule has 2 rings (SSSR count). The Morgan fingerprint density at radius 2 is 1.56 bits per heavy atom. The third-order valence-corrected chi connectivity index (χ3v) is 4.99. The predicted molar refractivity (Wildman–Crippen MR) is 76.6 cm³/mol. The number of Topliss-reactive ketones (excluding diaryl/α,β-unsaturated/α-hetero) is 1. The standard InChI is InChI=1S/C16H16OSe/c1-13(18-15-10-6-3-7-11-15)12-16(17)14-8-4-2-5-9-14/h2-11,13H,12H2,1H3. The summed E-state index contributed by atoms with van der Waals surface area (Å²) in [6, 6.07) is 20.0. The fourth-order valence-corrected chi connectivity index (χ4v) is 3.90. The molecule has 0 heterocycles. The molecule has 1 atom stereocenters. The molecule has 0 aromatic heterocycles. The van der Waals surface area contributed by atoms with Crippen LogP contribution in [0.4, 0.5) is 0 Å². The molecule has 0 saturated carbocycles. The SMILES string of the molecule is CC(CC(=O)c1ccccc1)[Se]c1ccccc1. The number of carbonyl (C=O) groups excluding carboxylic acids is 1. The van der Waals surface area contributed by atoms with Crippen molar-refractivity contribution in [2.24, 2.45) is 0 Å². The van der Waals surface area contributed by atoms with Crippen molar-refractivity contribution < 1.29 is 4.79 Å². The molecule has 18 heavy (non-hydrogen) atoms. The van der Waals surface area contributed by atoms with Gasteiger partial charge in [0.2, 0.25) is 0 Å². The van der Waals surface area contributed by atoms with Gasteiger partial charge in [0, 0.05) is 0 Å². The van der Waals surface area contributed by atoms with Crippen molar-refractivity contribution in [3.8, 4) is 0 Å². The van der Waals surface area contributed by atoms with Crippen LogP contribution >= 0.6 is 0 Å². The average molecular weight is 303 g/mol. The third kappa shape index (κ3) is 3.83. The van der Waals surface area contributed by atoms with Gasteiger partial charge in [0.1, 0.15) is 0 Å². The van der Waals surface area contributed by atoms with Gasteiger partial charge in [-0.05, 0) is 0 Å². The predicted octanol–water partition coefficient (Wildman–Crippen LogP) is 3.10. The molecule has 2 aromatic rings. The van der Waals surface area contributed by atoms with Crippen molar-refractivity contribution in [2.45, 2.75) is 18.2 Å². The molecule has 0 saturated heterocycles. The summed E-state index contributed by atoms with van der Waals surface area (Å²) in [5, 5.41) is 0. The summed E-state index contributed by atoms with van der Waals surface area (Å²) in [5.74, 6) is 0.251. The minimum atomic E-state index is 0.251. The molecule has 0 amide bonds. The van der Waals surface area contributed by atoms with Gasteiger partial charge in [-0.1, -0.05) is 0 Å². The van der Waals surface area contributed by atoms with Gasteiger partial charge in [0.05, 0.1) is 0 Å². The number of hydrogen-bond donors (Lipinski definition) is 0. The molecule has 92 valence electrons. The van der Waals surface area contributed by atoms with Crippen molar-refractivity contribution in [1.82, 2.24) is 0 Å². The molecule has 0 radical (unpaired) electrons. The van der Waals surface area contributed by atoms with Gasteiger partial charge in [-0.3, -0.25) is 0 Å². The molecular weight excluding hydrogens is 287 g/mol. The van der Waals surface area contributed by atoms with Crippen LogP contribution in [0.5, 0.6) is 0 Å². The van der Waals surface area contributed by atoms with Crippen molar-refractivity contribution in [3.63, 3.8) is 0 Å². The Bertz CT molecular complexity index is 493. The van der Waals surface area contributed by atoms with Crippen LogP contribution in [0.2, 0.25) is 4.82 Å². The van der Waals surface area contributed by atoms with Crippen LogP contribution in [0, 0.1) is 0 Å². The number of benzene rings is 2. The Morgan fingerprint density at radius 3 is 2.17 bits per heavy atom. The van der Waals surface area contributed by atoms with Gasteiger partial charge in [-0.15, -0.1) is 0 Å². The van der Waals surface area contributed by atoms with E-state index in [0.717, 1.165) is 5.56 Å². The van der Waals surface area contributed by atoms with E-state index in [9.17, 15) is 4.79 Å². The Labute approximate surface area is 114 Å². The second kappa shape index (κ2) is 6.53. The average Bonchev–Trinajstić information content (AvgIpc) is 2.40. The molecule has 1 unspecified atom stereocenters. The Kier molecular flexibility index (Phi) is 4.74. The van der Waals surface area contributed by atoms with Crippen LogP contribution in [0.25, 0.3) is 0 Å². The summed E-state index contributed by atoms with van der Waals surface area (Å²) in [7, 11) is 0. The molecule has 0 spiro atoms. The zero-order valence-electron chi connectivity index (χ0n) is 10.4. The quantitative estimate of drug-likeness (QED) is 0.613. The number of hydrogen-bond acceptors (Lipinski definition) is 1. The van der Waals surface area contributed by atoms with Crippen LogP contribution < -0.4 is 4.46 Å². The Balaban J connectivity index is 1.92. The summed E-state index contributed by atoms with van der Waals surface area (Å²) in [6.45, 7) is 2.16. The summed E-state index contributed by atoms with van der Waals surface area (Å²) < 4.78 is 1.36. The van der Waals surface area contributed by atoms with Crippen molar-refractivity contribution in [1.29, 1.82) is 0 Å². The molecule has 0 aliphatic rings. The van der Waals surface area contributed by atoms with Gasteiger partial charge < -0.3 is 0 Å². The van der Waals surface area contributed by atoms with Crippen molar-refractivity contribution in [3.05, 3.63) is 66.2 Å². The maximum absolute atomic E-state index is 12.1. The van der Waals surface area contributed by atoms with Crippen LogP contribution in [0.3, 0.4) is 0 Å². The molecule has 0 N–H and O–H groups in total. The Hall–Kier alpha value is -1.37. The number of carbonyl (C=O) groups is 1. The molecule has 0 fully saturated rings.